The lowest BCUT2D eigenvalue weighted by molar-refractivity contribution is -0.274. The summed E-state index contributed by atoms with van der Waals surface area (Å²) in [5.41, 5.74) is 1.41. The second-order valence-electron chi connectivity index (χ2n) is 6.21. The number of halogens is 3. The number of aliphatic hydroxyl groups excluding tert-OH is 1. The van der Waals surface area contributed by atoms with E-state index in [-0.39, 0.29) is 24.1 Å². The molecule has 3 aromatic rings. The van der Waals surface area contributed by atoms with Gasteiger partial charge in [-0.2, -0.15) is 4.98 Å². The van der Waals surface area contributed by atoms with E-state index in [0.29, 0.717) is 35.7 Å². The first-order valence-corrected chi connectivity index (χ1v) is 8.98. The van der Waals surface area contributed by atoms with E-state index >= 15 is 0 Å². The first kappa shape index (κ1) is 21.2. The van der Waals surface area contributed by atoms with Gasteiger partial charge < -0.3 is 25.6 Å². The molecule has 3 rings (SSSR count). The zero-order valence-electron chi connectivity index (χ0n) is 15.6. The molecule has 0 saturated carbocycles. The Balaban J connectivity index is 1.93. The Morgan fingerprint density at radius 2 is 1.77 bits per heavy atom. The summed E-state index contributed by atoms with van der Waals surface area (Å²) >= 11 is 0. The van der Waals surface area contributed by atoms with Gasteiger partial charge >= 0.3 is 6.36 Å². The molecule has 0 radical (unpaired) electrons. The van der Waals surface area contributed by atoms with E-state index in [0.717, 1.165) is 0 Å². The summed E-state index contributed by atoms with van der Waals surface area (Å²) in [5.74, 6) is 0.377. The number of alkyl halides is 3. The maximum absolute atomic E-state index is 12.5. The quantitative estimate of drug-likeness (QED) is 0.319. The maximum Gasteiger partial charge on any atom is 0.573 e. The molecule has 1 aromatic heterocycles. The molecule has 0 spiro atoms. The third-order valence-electron chi connectivity index (χ3n) is 3.85. The Morgan fingerprint density at radius 1 is 1.00 bits per heavy atom. The molecule has 2 aromatic carbocycles. The van der Waals surface area contributed by atoms with Crippen LogP contribution in [0.2, 0.25) is 0 Å². The Kier molecular flexibility index (Phi) is 6.58. The van der Waals surface area contributed by atoms with Gasteiger partial charge in [-0.15, -0.1) is 13.2 Å². The van der Waals surface area contributed by atoms with Crippen LogP contribution in [0.25, 0.3) is 11.3 Å². The number of aromatic nitrogens is 2. The number of rotatable bonds is 8. The molecule has 0 bridgehead atoms. The molecule has 4 N–H and O–H groups in total. The van der Waals surface area contributed by atoms with Gasteiger partial charge in [0.15, 0.2) is 0 Å². The predicted octanol–water partition coefficient (Wildman–Crippen LogP) is 4.29. The lowest BCUT2D eigenvalue weighted by Crippen LogP contribution is -2.17. The Hall–Kier alpha value is -3.53. The number of phenols is 1. The minimum atomic E-state index is -4.80. The Morgan fingerprint density at radius 3 is 2.47 bits per heavy atom. The largest absolute Gasteiger partial charge is 0.573 e. The van der Waals surface area contributed by atoms with Crippen molar-refractivity contribution < 1.29 is 28.1 Å². The molecule has 0 aliphatic carbocycles. The van der Waals surface area contributed by atoms with Gasteiger partial charge in [0.05, 0.1) is 5.69 Å². The molecule has 7 nitrogen and oxygen atoms in total. The number of aromatic hydroxyl groups is 1. The van der Waals surface area contributed by atoms with Crippen molar-refractivity contribution in [1.82, 2.24) is 9.97 Å². The third kappa shape index (κ3) is 6.24. The highest BCUT2D eigenvalue weighted by atomic mass is 19.4. The van der Waals surface area contributed by atoms with Crippen molar-refractivity contribution >= 4 is 17.5 Å². The fraction of sp³-hybridized carbons (Fsp3) is 0.200. The van der Waals surface area contributed by atoms with Crippen molar-refractivity contribution in [2.24, 2.45) is 0 Å². The number of benzene rings is 2. The molecule has 158 valence electrons. The number of aliphatic hydroxyl groups is 1. The molecule has 30 heavy (non-hydrogen) atoms. The highest BCUT2D eigenvalue weighted by molar-refractivity contribution is 5.68. The summed E-state index contributed by atoms with van der Waals surface area (Å²) in [6.07, 6.45) is -4.32. The summed E-state index contributed by atoms with van der Waals surface area (Å²) in [6, 6.07) is 13.4. The lowest BCUT2D eigenvalue weighted by atomic mass is 10.1. The fourth-order valence-corrected chi connectivity index (χ4v) is 2.56. The van der Waals surface area contributed by atoms with E-state index in [1.54, 1.807) is 24.3 Å². The molecule has 0 aliphatic rings. The van der Waals surface area contributed by atoms with Crippen LogP contribution in [0.1, 0.15) is 6.42 Å². The third-order valence-corrected chi connectivity index (χ3v) is 3.85. The zero-order valence-corrected chi connectivity index (χ0v) is 15.6. The van der Waals surface area contributed by atoms with E-state index < -0.39 is 6.36 Å². The van der Waals surface area contributed by atoms with Gasteiger partial charge in [-0.1, -0.05) is 12.1 Å². The van der Waals surface area contributed by atoms with Gasteiger partial charge in [-0.3, -0.25) is 0 Å². The molecule has 0 unspecified atom stereocenters. The summed E-state index contributed by atoms with van der Waals surface area (Å²) < 4.78 is 41.6. The topological polar surface area (TPSA) is 99.5 Å². The van der Waals surface area contributed by atoms with E-state index in [4.69, 9.17) is 5.11 Å². The van der Waals surface area contributed by atoms with Gasteiger partial charge in [0.2, 0.25) is 5.95 Å². The van der Waals surface area contributed by atoms with Crippen LogP contribution in [-0.4, -0.2) is 39.7 Å². The lowest BCUT2D eigenvalue weighted by Gasteiger charge is -2.13. The van der Waals surface area contributed by atoms with Crippen LogP contribution in [0.5, 0.6) is 11.5 Å². The smallest absolute Gasteiger partial charge is 0.508 e. The second-order valence-corrected chi connectivity index (χ2v) is 6.21. The second kappa shape index (κ2) is 9.31. The highest BCUT2D eigenvalue weighted by Crippen LogP contribution is 2.29. The first-order chi connectivity index (χ1) is 14.3. The van der Waals surface area contributed by atoms with Crippen molar-refractivity contribution in [3.05, 3.63) is 54.6 Å². The minimum absolute atomic E-state index is 0.0118. The molecular formula is C20H19F3N4O3. The molecule has 1 heterocycles. The normalized spacial score (nSPS) is 11.2. The number of ether oxygens (including phenoxy) is 1. The monoisotopic (exact) mass is 420 g/mol. The number of nitrogens with zero attached hydrogens (tertiary/aromatic N) is 2. The molecule has 0 atom stereocenters. The summed E-state index contributed by atoms with van der Waals surface area (Å²) in [6.45, 7) is 0.401. The Bertz CT molecular complexity index is 982. The summed E-state index contributed by atoms with van der Waals surface area (Å²) in [5, 5.41) is 24.4. The number of hydrogen-bond acceptors (Lipinski definition) is 7. The molecule has 0 saturated heterocycles. The minimum Gasteiger partial charge on any atom is -0.508 e. The van der Waals surface area contributed by atoms with Gasteiger partial charge in [0.25, 0.3) is 0 Å². The maximum atomic E-state index is 12.5. The van der Waals surface area contributed by atoms with E-state index in [1.165, 1.54) is 30.3 Å². The van der Waals surface area contributed by atoms with Crippen molar-refractivity contribution in [1.29, 1.82) is 0 Å². The van der Waals surface area contributed by atoms with Crippen LogP contribution < -0.4 is 15.4 Å². The molecular weight excluding hydrogens is 401 g/mol. The standard InChI is InChI=1S/C20H19F3N4O3/c21-20(22,23)30-16-4-1-3-13(11-16)17-12-18(25-14-5-7-15(29)8-6-14)27-19(26-17)24-9-2-10-28/h1,3-8,11-12,28-29H,2,9-10H2,(H2,24,25,26,27). The van der Waals surface area contributed by atoms with Gasteiger partial charge in [-0.05, 0) is 42.8 Å². The van der Waals surface area contributed by atoms with E-state index in [1.807, 2.05) is 0 Å². The van der Waals surface area contributed by atoms with Crippen molar-refractivity contribution in [3.8, 4) is 22.8 Å². The van der Waals surface area contributed by atoms with Crippen LogP contribution in [0, 0.1) is 0 Å². The summed E-state index contributed by atoms with van der Waals surface area (Å²) in [4.78, 5) is 8.69. The molecule has 0 aliphatic heterocycles. The average Bonchev–Trinajstić information content (AvgIpc) is 2.69. The summed E-state index contributed by atoms with van der Waals surface area (Å²) in [7, 11) is 0. The Labute approximate surface area is 170 Å². The van der Waals surface area contributed by atoms with Gasteiger partial charge in [-0.25, -0.2) is 4.98 Å². The van der Waals surface area contributed by atoms with Crippen molar-refractivity contribution in [3.63, 3.8) is 0 Å². The number of nitrogens with one attached hydrogen (secondary N) is 2. The fourth-order valence-electron chi connectivity index (χ4n) is 2.56. The van der Waals surface area contributed by atoms with E-state index in [2.05, 4.69) is 25.3 Å². The van der Waals surface area contributed by atoms with Gasteiger partial charge in [0, 0.05) is 30.5 Å². The number of hydrogen-bond donors (Lipinski definition) is 4. The number of phenolic OH excluding ortho intramolecular Hbond substituents is 1. The van der Waals surface area contributed by atoms with Crippen LogP contribution in [0.3, 0.4) is 0 Å². The van der Waals surface area contributed by atoms with Crippen LogP contribution in [-0.2, 0) is 0 Å². The van der Waals surface area contributed by atoms with Crippen LogP contribution in [0.4, 0.5) is 30.6 Å². The highest BCUT2D eigenvalue weighted by Gasteiger charge is 2.31. The average molecular weight is 420 g/mol. The van der Waals surface area contributed by atoms with Gasteiger partial charge in [0.1, 0.15) is 17.3 Å². The molecule has 0 fully saturated rings. The molecule has 10 heteroatoms. The molecule has 0 amide bonds. The van der Waals surface area contributed by atoms with Crippen molar-refractivity contribution in [2.75, 3.05) is 23.8 Å². The van der Waals surface area contributed by atoms with Crippen LogP contribution >= 0.6 is 0 Å². The zero-order chi connectivity index (χ0) is 21.6. The predicted molar refractivity (Wildman–Crippen MR) is 106 cm³/mol. The first-order valence-electron chi connectivity index (χ1n) is 8.98. The van der Waals surface area contributed by atoms with Crippen LogP contribution in [0.15, 0.2) is 54.6 Å². The van der Waals surface area contributed by atoms with Crippen molar-refractivity contribution in [2.45, 2.75) is 12.8 Å². The SMILES string of the molecule is OCCCNc1nc(Nc2ccc(O)cc2)cc(-c2cccc(OC(F)(F)F)c2)n1. The van der Waals surface area contributed by atoms with E-state index in [9.17, 15) is 18.3 Å². The number of anilines is 3.